The Hall–Kier alpha value is 1.19. The minimum Gasteiger partial charge on any atom is -1.00 e. The van der Waals surface area contributed by atoms with Crippen LogP contribution in [0, 0.1) is 0 Å². The van der Waals surface area contributed by atoms with Crippen molar-refractivity contribution in [2.24, 2.45) is 0 Å². The van der Waals surface area contributed by atoms with E-state index in [4.69, 9.17) is 9.59 Å². The smallest absolute Gasteiger partial charge is 1.00 e. The Morgan fingerprint density at radius 3 is 1.50 bits per heavy atom. The fourth-order valence-electron chi connectivity index (χ4n) is 0. The fourth-order valence-corrected chi connectivity index (χ4v) is 0. The van der Waals surface area contributed by atoms with Gasteiger partial charge in [0.1, 0.15) is 0 Å². The van der Waals surface area contributed by atoms with Crippen LogP contribution >= 0.6 is 0 Å². The molecule has 2 nitrogen and oxygen atoms in total. The molecule has 0 aromatic carbocycles. The summed E-state index contributed by atoms with van der Waals surface area (Å²) in [4.78, 5) is 16.2. The van der Waals surface area contributed by atoms with Crippen LogP contribution in [-0.4, -0.2) is 6.15 Å². The van der Waals surface area contributed by atoms with Gasteiger partial charge in [-0.3, -0.25) is 0 Å². The second-order valence-electron chi connectivity index (χ2n) is 0.0833. The van der Waals surface area contributed by atoms with Gasteiger partial charge in [-0.1, -0.05) is 0 Å². The van der Waals surface area contributed by atoms with Crippen LogP contribution in [0.4, 0.5) is 0 Å². The van der Waals surface area contributed by atoms with Gasteiger partial charge >= 0.3 is 64.3 Å². The van der Waals surface area contributed by atoms with Gasteiger partial charge in [-0.05, 0) is 0 Å². The van der Waals surface area contributed by atoms with Crippen LogP contribution in [-0.2, 0) is 9.59 Å². The van der Waals surface area contributed by atoms with E-state index < -0.39 is 0 Å². The molecule has 0 aromatic rings. The minimum absolute atomic E-state index is 0. The van der Waals surface area contributed by atoms with Crippen molar-refractivity contribution in [2.75, 3.05) is 0 Å². The fraction of sp³-hybridized carbons (Fsp3) is 0. The van der Waals surface area contributed by atoms with Gasteiger partial charge in [-0.15, -0.1) is 0 Å². The Labute approximate surface area is 73.8 Å². The van der Waals surface area contributed by atoms with E-state index in [1.165, 1.54) is 0 Å². The average molecular weight is 130 g/mol. The molecule has 0 bridgehead atoms. The number of hydrogen-bond donors (Lipinski definition) is 0. The van der Waals surface area contributed by atoms with Crippen molar-refractivity contribution in [1.29, 1.82) is 0 Å². The van der Waals surface area contributed by atoms with E-state index in [9.17, 15) is 0 Å². The third kappa shape index (κ3) is 10.8. The normalized spacial score (nSPS) is 2.00. The van der Waals surface area contributed by atoms with E-state index in [-0.39, 0.29) is 65.8 Å². The molecule has 0 rings (SSSR count). The molecule has 0 fully saturated rings. The molecular weight excluding hydrogens is 129 g/mol. The second kappa shape index (κ2) is 8.89. The van der Waals surface area contributed by atoms with Crippen LogP contribution in [0.15, 0.2) is 0 Å². The molecule has 3 heteroatoms. The van der Waals surface area contributed by atoms with E-state index in [0.29, 0.717) is 0 Å². The molecular formula is CHO2Rb. The zero-order valence-electron chi connectivity index (χ0n) is 3.32. The van der Waals surface area contributed by atoms with Gasteiger partial charge in [0.15, 0.2) is 0 Å². The molecule has 0 N–H and O–H groups in total. The van der Waals surface area contributed by atoms with Crippen molar-refractivity contribution in [2.45, 2.75) is 0 Å². The molecule has 18 valence electrons. The first-order valence-electron chi connectivity index (χ1n) is 0.408. The number of carbonyl (C=O) groups excluding carboxylic acids is 2. The van der Waals surface area contributed by atoms with Crippen LogP contribution in [0.1, 0.15) is 1.43 Å². The third-order valence-electron chi connectivity index (χ3n) is 0. The molecule has 0 aliphatic heterocycles. The topological polar surface area (TPSA) is 34.1 Å². The molecule has 0 unspecified atom stereocenters. The molecule has 0 amide bonds. The first-order valence-corrected chi connectivity index (χ1v) is 0.408. The maximum atomic E-state index is 8.12. The average Bonchev–Trinajstić information content (AvgIpc) is 0.918. The van der Waals surface area contributed by atoms with E-state index in [2.05, 4.69) is 0 Å². The summed E-state index contributed by atoms with van der Waals surface area (Å²) in [6.07, 6.45) is 0.250. The quantitative estimate of drug-likeness (QED) is 0.342. The van der Waals surface area contributed by atoms with Crippen molar-refractivity contribution < 1.29 is 69.2 Å². The summed E-state index contributed by atoms with van der Waals surface area (Å²) in [5.74, 6) is 0. The molecule has 0 saturated carbocycles. The Balaban J connectivity index is -0.0000000200. The molecule has 0 radical (unpaired) electrons. The molecule has 0 atom stereocenters. The Morgan fingerprint density at radius 1 is 1.50 bits per heavy atom. The zero-order chi connectivity index (χ0) is 2.71. The molecule has 4 heavy (non-hydrogen) atoms. The van der Waals surface area contributed by atoms with E-state index in [1.807, 2.05) is 0 Å². The van der Waals surface area contributed by atoms with E-state index >= 15 is 0 Å². The van der Waals surface area contributed by atoms with Crippen molar-refractivity contribution in [3.05, 3.63) is 0 Å². The van der Waals surface area contributed by atoms with Crippen LogP contribution in [0.25, 0.3) is 0 Å². The van der Waals surface area contributed by atoms with Gasteiger partial charge in [-0.2, -0.15) is 9.59 Å². The summed E-state index contributed by atoms with van der Waals surface area (Å²) in [6.45, 7) is 0. The largest absolute Gasteiger partial charge is 1.00 e. The van der Waals surface area contributed by atoms with E-state index in [1.54, 1.807) is 0 Å². The summed E-state index contributed by atoms with van der Waals surface area (Å²) in [7, 11) is 0. The van der Waals surface area contributed by atoms with Crippen LogP contribution in [0.5, 0.6) is 0 Å². The minimum atomic E-state index is 0. The SMILES string of the molecule is O=C=O.[H-].[Rb+]. The summed E-state index contributed by atoms with van der Waals surface area (Å²) in [5.41, 5.74) is 0. The summed E-state index contributed by atoms with van der Waals surface area (Å²) < 4.78 is 0. The van der Waals surface area contributed by atoms with Gasteiger partial charge in [-0.25, -0.2) is 0 Å². The number of rotatable bonds is 0. The van der Waals surface area contributed by atoms with Gasteiger partial charge in [0.2, 0.25) is 0 Å². The van der Waals surface area contributed by atoms with Crippen molar-refractivity contribution in [3.8, 4) is 0 Å². The molecule has 0 spiro atoms. The zero-order valence-corrected chi connectivity index (χ0v) is 7.23. The maximum Gasteiger partial charge on any atom is 1.00 e. The van der Waals surface area contributed by atoms with E-state index in [0.717, 1.165) is 0 Å². The van der Waals surface area contributed by atoms with Gasteiger partial charge in [0.25, 0.3) is 0 Å². The molecule has 0 aliphatic rings. The summed E-state index contributed by atoms with van der Waals surface area (Å²) >= 11 is 0. The molecule has 0 aromatic heterocycles. The summed E-state index contributed by atoms with van der Waals surface area (Å²) in [5, 5.41) is 0. The van der Waals surface area contributed by atoms with Gasteiger partial charge in [0, 0.05) is 0 Å². The molecule has 0 saturated heterocycles. The predicted molar refractivity (Wildman–Crippen MR) is 6.12 cm³/mol. The number of hydrogen-bond acceptors (Lipinski definition) is 2. The molecule has 0 heterocycles. The standard InChI is InChI=1S/CO2.Rb.H/c2-1-3;;/q;+1;-1. The maximum absolute atomic E-state index is 8.12. The van der Waals surface area contributed by atoms with Crippen LogP contribution < -0.4 is 58.2 Å². The Kier molecular flexibility index (Phi) is 19.9. The first-order chi connectivity index (χ1) is 1.41. The Bertz CT molecular complexity index is 30.6. The van der Waals surface area contributed by atoms with Crippen LogP contribution in [0.3, 0.4) is 0 Å². The van der Waals surface area contributed by atoms with Gasteiger partial charge < -0.3 is 1.43 Å². The monoisotopic (exact) mass is 130 g/mol. The van der Waals surface area contributed by atoms with Crippen molar-refractivity contribution in [1.82, 2.24) is 0 Å². The second-order valence-corrected chi connectivity index (χ2v) is 0.0833. The van der Waals surface area contributed by atoms with Crippen molar-refractivity contribution >= 4 is 6.15 Å². The first kappa shape index (κ1) is 8.95. The Morgan fingerprint density at radius 2 is 1.50 bits per heavy atom. The van der Waals surface area contributed by atoms with Gasteiger partial charge in [0.05, 0.1) is 0 Å². The van der Waals surface area contributed by atoms with Crippen molar-refractivity contribution in [3.63, 3.8) is 0 Å². The predicted octanol–water partition coefficient (Wildman–Crippen LogP) is -3.47. The molecule has 0 aliphatic carbocycles. The third-order valence-corrected chi connectivity index (χ3v) is 0. The van der Waals surface area contributed by atoms with Crippen LogP contribution in [0.2, 0.25) is 0 Å². The summed E-state index contributed by atoms with van der Waals surface area (Å²) in [6, 6.07) is 0.